The monoisotopic (exact) mass is 242 g/mol. The molecule has 0 unspecified atom stereocenters. The van der Waals surface area contributed by atoms with Crippen molar-refractivity contribution in [2.24, 2.45) is 0 Å². The minimum atomic E-state index is 1.32. The Balaban J connectivity index is 2.36. The van der Waals surface area contributed by atoms with Gasteiger partial charge in [0.1, 0.15) is 0 Å². The molecule has 0 heterocycles. The molecule has 0 fully saturated rings. The highest BCUT2D eigenvalue weighted by molar-refractivity contribution is 7.99. The van der Waals surface area contributed by atoms with Gasteiger partial charge in [-0.15, -0.1) is 0 Å². The second-order valence-corrected chi connectivity index (χ2v) is 5.73. The fraction of sp³-hybridized carbons (Fsp3) is 0.250. The van der Waals surface area contributed by atoms with Gasteiger partial charge in [0, 0.05) is 9.79 Å². The molecule has 0 saturated carbocycles. The van der Waals surface area contributed by atoms with Gasteiger partial charge in [-0.25, -0.2) is 0 Å². The molecule has 0 radical (unpaired) electrons. The summed E-state index contributed by atoms with van der Waals surface area (Å²) < 4.78 is 0. The molecule has 0 aliphatic carbocycles. The van der Waals surface area contributed by atoms with Crippen LogP contribution in [0.4, 0.5) is 0 Å². The maximum atomic E-state index is 2.26. The van der Waals surface area contributed by atoms with Gasteiger partial charge in [0.2, 0.25) is 0 Å². The van der Waals surface area contributed by atoms with Crippen molar-refractivity contribution in [3.63, 3.8) is 0 Å². The number of hydrogen-bond donors (Lipinski definition) is 0. The zero-order chi connectivity index (χ0) is 12.4. The molecule has 1 heteroatoms. The molecule has 0 nitrogen and oxygen atoms in total. The standard InChI is InChI=1S/C16H18S/c1-11-6-5-7-15(10-11)17-16-13(3)8-12(2)9-14(16)4/h5-10H,1-4H3. The molecular weight excluding hydrogens is 224 g/mol. The first-order valence-corrected chi connectivity index (χ1v) is 6.70. The predicted octanol–water partition coefficient (Wildman–Crippen LogP) is 5.07. The van der Waals surface area contributed by atoms with E-state index in [1.807, 2.05) is 11.8 Å². The van der Waals surface area contributed by atoms with Gasteiger partial charge in [0.25, 0.3) is 0 Å². The molecular formula is C16H18S. The van der Waals surface area contributed by atoms with Crippen molar-refractivity contribution >= 4 is 11.8 Å². The van der Waals surface area contributed by atoms with Gasteiger partial charge in [0.05, 0.1) is 0 Å². The minimum absolute atomic E-state index is 1.32. The van der Waals surface area contributed by atoms with Crippen LogP contribution in [0, 0.1) is 27.7 Å². The molecule has 2 rings (SSSR count). The maximum absolute atomic E-state index is 2.26. The zero-order valence-corrected chi connectivity index (χ0v) is 11.7. The molecule has 2 aromatic carbocycles. The van der Waals surface area contributed by atoms with Crippen molar-refractivity contribution in [3.8, 4) is 0 Å². The lowest BCUT2D eigenvalue weighted by atomic mass is 10.1. The molecule has 0 aliphatic rings. The molecule has 0 N–H and O–H groups in total. The summed E-state index contributed by atoms with van der Waals surface area (Å²) in [6, 6.07) is 13.2. The quantitative estimate of drug-likeness (QED) is 0.708. The first-order chi connectivity index (χ1) is 8.06. The summed E-state index contributed by atoms with van der Waals surface area (Å²) in [6.07, 6.45) is 0. The summed E-state index contributed by atoms with van der Waals surface area (Å²) in [5.41, 5.74) is 5.40. The average Bonchev–Trinajstić information content (AvgIpc) is 2.23. The Morgan fingerprint density at radius 2 is 1.41 bits per heavy atom. The van der Waals surface area contributed by atoms with Gasteiger partial charge in [-0.3, -0.25) is 0 Å². The molecule has 0 aromatic heterocycles. The third-order valence-electron chi connectivity index (χ3n) is 2.81. The highest BCUT2D eigenvalue weighted by Gasteiger charge is 2.05. The van der Waals surface area contributed by atoms with Crippen LogP contribution >= 0.6 is 11.8 Å². The zero-order valence-electron chi connectivity index (χ0n) is 10.9. The van der Waals surface area contributed by atoms with Crippen LogP contribution in [0.1, 0.15) is 22.3 Å². The topological polar surface area (TPSA) is 0 Å². The van der Waals surface area contributed by atoms with Crippen LogP contribution in [0.25, 0.3) is 0 Å². The van der Waals surface area contributed by atoms with Gasteiger partial charge in [-0.1, -0.05) is 47.2 Å². The molecule has 0 saturated heterocycles. The Morgan fingerprint density at radius 3 is 2.00 bits per heavy atom. The van der Waals surface area contributed by atoms with E-state index in [-0.39, 0.29) is 0 Å². The Kier molecular flexibility index (Phi) is 3.58. The number of rotatable bonds is 2. The smallest absolute Gasteiger partial charge is 0.0181 e. The lowest BCUT2D eigenvalue weighted by Crippen LogP contribution is -1.87. The number of hydrogen-bond acceptors (Lipinski definition) is 1. The SMILES string of the molecule is Cc1cccc(Sc2c(C)cc(C)cc2C)c1. The van der Waals surface area contributed by atoms with E-state index in [1.54, 1.807) is 0 Å². The van der Waals surface area contributed by atoms with E-state index in [2.05, 4.69) is 64.1 Å². The second kappa shape index (κ2) is 4.97. The summed E-state index contributed by atoms with van der Waals surface area (Å²) in [5.74, 6) is 0. The van der Waals surface area contributed by atoms with Crippen molar-refractivity contribution in [2.75, 3.05) is 0 Å². The molecule has 2 aromatic rings. The van der Waals surface area contributed by atoms with Crippen molar-refractivity contribution in [2.45, 2.75) is 37.5 Å². The average molecular weight is 242 g/mol. The molecule has 0 spiro atoms. The van der Waals surface area contributed by atoms with Crippen LogP contribution in [0.15, 0.2) is 46.2 Å². The second-order valence-electron chi connectivity index (χ2n) is 4.65. The summed E-state index contributed by atoms with van der Waals surface area (Å²) in [5, 5.41) is 0. The lowest BCUT2D eigenvalue weighted by molar-refractivity contribution is 1.18. The fourth-order valence-electron chi connectivity index (χ4n) is 2.12. The largest absolute Gasteiger partial charge is 0.0895 e. The first-order valence-electron chi connectivity index (χ1n) is 5.88. The van der Waals surface area contributed by atoms with Gasteiger partial charge < -0.3 is 0 Å². The van der Waals surface area contributed by atoms with Crippen LogP contribution in [-0.4, -0.2) is 0 Å². The van der Waals surface area contributed by atoms with Crippen LogP contribution in [0.3, 0.4) is 0 Å². The van der Waals surface area contributed by atoms with E-state index in [0.29, 0.717) is 0 Å². The highest BCUT2D eigenvalue weighted by Crippen LogP contribution is 2.33. The normalized spacial score (nSPS) is 10.6. The van der Waals surface area contributed by atoms with Crippen LogP contribution < -0.4 is 0 Å². The summed E-state index contributed by atoms with van der Waals surface area (Å²) in [6.45, 7) is 8.68. The third kappa shape index (κ3) is 2.92. The maximum Gasteiger partial charge on any atom is 0.0181 e. The van der Waals surface area contributed by atoms with E-state index in [9.17, 15) is 0 Å². The van der Waals surface area contributed by atoms with E-state index >= 15 is 0 Å². The summed E-state index contributed by atoms with van der Waals surface area (Å²) >= 11 is 1.86. The fourth-order valence-corrected chi connectivity index (χ4v) is 3.19. The first kappa shape index (κ1) is 12.3. The Morgan fingerprint density at radius 1 is 0.765 bits per heavy atom. The van der Waals surface area contributed by atoms with Crippen molar-refractivity contribution in [3.05, 3.63) is 58.7 Å². The van der Waals surface area contributed by atoms with Crippen LogP contribution in [0.2, 0.25) is 0 Å². The van der Waals surface area contributed by atoms with Crippen molar-refractivity contribution in [1.82, 2.24) is 0 Å². The Labute approximate surface area is 108 Å². The van der Waals surface area contributed by atoms with E-state index in [0.717, 1.165) is 0 Å². The van der Waals surface area contributed by atoms with Gasteiger partial charge >= 0.3 is 0 Å². The molecule has 0 aliphatic heterocycles. The molecule has 0 atom stereocenters. The highest BCUT2D eigenvalue weighted by atomic mass is 32.2. The predicted molar refractivity (Wildman–Crippen MR) is 76.0 cm³/mol. The minimum Gasteiger partial charge on any atom is -0.0895 e. The number of aryl methyl sites for hydroxylation is 4. The Hall–Kier alpha value is -1.21. The van der Waals surface area contributed by atoms with Crippen LogP contribution in [0.5, 0.6) is 0 Å². The van der Waals surface area contributed by atoms with Crippen molar-refractivity contribution < 1.29 is 0 Å². The molecule has 88 valence electrons. The van der Waals surface area contributed by atoms with E-state index < -0.39 is 0 Å². The van der Waals surface area contributed by atoms with Gasteiger partial charge in [-0.2, -0.15) is 0 Å². The van der Waals surface area contributed by atoms with Gasteiger partial charge in [-0.05, 0) is 51.0 Å². The molecule has 0 amide bonds. The lowest BCUT2D eigenvalue weighted by Gasteiger charge is -2.11. The van der Waals surface area contributed by atoms with E-state index in [1.165, 1.54) is 32.0 Å². The number of benzene rings is 2. The Bertz CT molecular complexity index is 518. The summed E-state index contributed by atoms with van der Waals surface area (Å²) in [4.78, 5) is 2.71. The van der Waals surface area contributed by atoms with Crippen molar-refractivity contribution in [1.29, 1.82) is 0 Å². The van der Waals surface area contributed by atoms with Gasteiger partial charge in [0.15, 0.2) is 0 Å². The van der Waals surface area contributed by atoms with E-state index in [4.69, 9.17) is 0 Å². The summed E-state index contributed by atoms with van der Waals surface area (Å²) in [7, 11) is 0. The molecule has 17 heavy (non-hydrogen) atoms. The molecule has 0 bridgehead atoms. The van der Waals surface area contributed by atoms with Crippen LogP contribution in [-0.2, 0) is 0 Å². The third-order valence-corrected chi connectivity index (χ3v) is 4.15.